The predicted octanol–water partition coefficient (Wildman–Crippen LogP) is 6.80. The number of para-hydroxylation sites is 1. The van der Waals surface area contributed by atoms with Gasteiger partial charge in [-0.2, -0.15) is 0 Å². The Hall–Kier alpha value is -2.55. The molecule has 0 N–H and O–H groups in total. The molecule has 4 heteroatoms. The molecule has 0 aliphatic rings. The second-order valence-electron chi connectivity index (χ2n) is 6.62. The molecule has 0 atom stereocenters. The Morgan fingerprint density at radius 3 is 1.96 bits per heavy atom. The van der Waals surface area contributed by atoms with Gasteiger partial charge in [-0.05, 0) is 66.1 Å². The summed E-state index contributed by atoms with van der Waals surface area (Å²) >= 11 is 12.4. The van der Waals surface area contributed by atoms with Gasteiger partial charge in [0.1, 0.15) is 0 Å². The van der Waals surface area contributed by atoms with Crippen LogP contribution in [-0.4, -0.2) is 5.78 Å². The van der Waals surface area contributed by atoms with Gasteiger partial charge in [0.2, 0.25) is 0 Å². The molecule has 3 rings (SSSR count). The molecule has 0 aromatic heterocycles. The van der Waals surface area contributed by atoms with Gasteiger partial charge < -0.3 is 4.90 Å². The van der Waals surface area contributed by atoms with E-state index >= 15 is 0 Å². The van der Waals surface area contributed by atoms with Crippen molar-refractivity contribution in [1.82, 2.24) is 0 Å². The molecule has 0 saturated heterocycles. The number of rotatable bonds is 7. The summed E-state index contributed by atoms with van der Waals surface area (Å²) in [4.78, 5) is 13.7. The molecule has 0 radical (unpaired) electrons. The molecule has 0 fully saturated rings. The van der Waals surface area contributed by atoms with E-state index in [9.17, 15) is 4.79 Å². The third-order valence-corrected chi connectivity index (χ3v) is 4.77. The molecule has 0 unspecified atom stereocenters. The first-order valence-electron chi connectivity index (χ1n) is 9.03. The summed E-state index contributed by atoms with van der Waals surface area (Å²) in [7, 11) is 0. The molecular formula is C24H21Cl2NO. The van der Waals surface area contributed by atoms with E-state index in [1.165, 1.54) is 0 Å². The normalized spacial score (nSPS) is 11.0. The highest BCUT2D eigenvalue weighted by molar-refractivity contribution is 6.30. The van der Waals surface area contributed by atoms with Crippen LogP contribution < -0.4 is 4.90 Å². The van der Waals surface area contributed by atoms with E-state index in [-0.39, 0.29) is 5.78 Å². The van der Waals surface area contributed by atoms with Crippen LogP contribution in [0.1, 0.15) is 23.6 Å². The number of allylic oxidation sites excluding steroid dienone is 1. The van der Waals surface area contributed by atoms with Crippen molar-refractivity contribution in [2.24, 2.45) is 0 Å². The Morgan fingerprint density at radius 1 is 0.857 bits per heavy atom. The van der Waals surface area contributed by atoms with Crippen molar-refractivity contribution in [1.29, 1.82) is 0 Å². The number of nitrogens with zero attached hydrogens (tertiary/aromatic N) is 1. The fraction of sp³-hybridized carbons (Fsp3) is 0.125. The summed E-state index contributed by atoms with van der Waals surface area (Å²) in [6.45, 7) is 2.91. The van der Waals surface area contributed by atoms with Crippen molar-refractivity contribution in [2.75, 3.05) is 4.90 Å². The van der Waals surface area contributed by atoms with Crippen LogP contribution in [0.3, 0.4) is 0 Å². The van der Waals surface area contributed by atoms with Gasteiger partial charge in [-0.3, -0.25) is 4.79 Å². The van der Waals surface area contributed by atoms with Crippen molar-refractivity contribution in [3.8, 4) is 0 Å². The van der Waals surface area contributed by atoms with Crippen LogP contribution >= 0.6 is 23.2 Å². The third kappa shape index (κ3) is 5.72. The average Bonchev–Trinajstić information content (AvgIpc) is 2.66. The van der Waals surface area contributed by atoms with Gasteiger partial charge in [-0.1, -0.05) is 65.7 Å². The second kappa shape index (κ2) is 9.59. The SMILES string of the molecule is CC(=O)/C=C/c1ccccc1N(Cc1cccc(Cl)c1)Cc1cccc(Cl)c1. The third-order valence-electron chi connectivity index (χ3n) is 4.30. The summed E-state index contributed by atoms with van der Waals surface area (Å²) in [5.41, 5.74) is 4.25. The lowest BCUT2D eigenvalue weighted by Crippen LogP contribution is -2.23. The van der Waals surface area contributed by atoms with Crippen molar-refractivity contribution in [3.63, 3.8) is 0 Å². The van der Waals surface area contributed by atoms with E-state index in [0.29, 0.717) is 23.1 Å². The van der Waals surface area contributed by atoms with E-state index in [1.807, 2.05) is 60.7 Å². The lowest BCUT2D eigenvalue weighted by molar-refractivity contribution is -0.112. The molecule has 28 heavy (non-hydrogen) atoms. The Kier molecular flexibility index (Phi) is 6.91. The standard InChI is InChI=1S/C24H21Cl2NO/c1-18(28)12-13-21-8-2-3-11-24(21)27(16-19-6-4-9-22(25)14-19)17-20-7-5-10-23(26)15-20/h2-15H,16-17H2,1H3/b13-12+. The smallest absolute Gasteiger partial charge is 0.152 e. The number of hydrogen-bond acceptors (Lipinski definition) is 2. The Labute approximate surface area is 176 Å². The van der Waals surface area contributed by atoms with E-state index < -0.39 is 0 Å². The molecule has 0 bridgehead atoms. The summed E-state index contributed by atoms with van der Waals surface area (Å²) in [6, 6.07) is 23.8. The minimum Gasteiger partial charge on any atom is -0.362 e. The maximum absolute atomic E-state index is 11.4. The number of halogens is 2. The number of benzene rings is 3. The van der Waals surface area contributed by atoms with Crippen LogP contribution in [0.4, 0.5) is 5.69 Å². The highest BCUT2D eigenvalue weighted by Gasteiger charge is 2.12. The highest BCUT2D eigenvalue weighted by atomic mass is 35.5. The molecule has 0 aliphatic heterocycles. The zero-order valence-corrected chi connectivity index (χ0v) is 17.1. The Bertz CT molecular complexity index is 950. The quantitative estimate of drug-likeness (QED) is 0.399. The number of ketones is 1. The first kappa shape index (κ1) is 20.2. The van der Waals surface area contributed by atoms with Gasteiger partial charge >= 0.3 is 0 Å². The van der Waals surface area contributed by atoms with E-state index in [4.69, 9.17) is 23.2 Å². The summed E-state index contributed by atoms with van der Waals surface area (Å²) < 4.78 is 0. The zero-order chi connectivity index (χ0) is 19.9. The number of carbonyl (C=O) groups is 1. The first-order chi connectivity index (χ1) is 13.5. The number of hydrogen-bond donors (Lipinski definition) is 0. The summed E-state index contributed by atoms with van der Waals surface area (Å²) in [6.07, 6.45) is 3.45. The molecule has 0 saturated carbocycles. The van der Waals surface area contributed by atoms with Crippen molar-refractivity contribution in [3.05, 3.63) is 106 Å². The molecule has 3 aromatic rings. The number of anilines is 1. The van der Waals surface area contributed by atoms with Gasteiger partial charge in [0.25, 0.3) is 0 Å². The minimum atomic E-state index is 0.0195. The van der Waals surface area contributed by atoms with E-state index in [1.54, 1.807) is 13.0 Å². The lowest BCUT2D eigenvalue weighted by Gasteiger charge is -2.27. The largest absolute Gasteiger partial charge is 0.362 e. The Balaban J connectivity index is 1.99. The van der Waals surface area contributed by atoms with Crippen LogP contribution in [0, 0.1) is 0 Å². The molecule has 0 aliphatic carbocycles. The monoisotopic (exact) mass is 409 g/mol. The molecule has 142 valence electrons. The van der Waals surface area contributed by atoms with Gasteiger partial charge in [0, 0.05) is 28.8 Å². The summed E-state index contributed by atoms with van der Waals surface area (Å²) in [5.74, 6) is 0.0195. The van der Waals surface area contributed by atoms with Gasteiger partial charge in [0.05, 0.1) is 0 Å². The van der Waals surface area contributed by atoms with Crippen LogP contribution in [0.2, 0.25) is 10.0 Å². The lowest BCUT2D eigenvalue weighted by atomic mass is 10.1. The topological polar surface area (TPSA) is 20.3 Å². The fourth-order valence-corrected chi connectivity index (χ4v) is 3.49. The van der Waals surface area contributed by atoms with Gasteiger partial charge in [-0.25, -0.2) is 0 Å². The first-order valence-corrected chi connectivity index (χ1v) is 9.78. The van der Waals surface area contributed by atoms with Crippen molar-refractivity contribution < 1.29 is 4.79 Å². The van der Waals surface area contributed by atoms with Crippen LogP contribution in [0.15, 0.2) is 78.9 Å². The molecule has 0 heterocycles. The molecule has 0 amide bonds. The van der Waals surface area contributed by atoms with E-state index in [2.05, 4.69) is 23.1 Å². The minimum absolute atomic E-state index is 0.0195. The zero-order valence-electron chi connectivity index (χ0n) is 15.6. The maximum atomic E-state index is 11.4. The predicted molar refractivity (Wildman–Crippen MR) is 119 cm³/mol. The molecule has 2 nitrogen and oxygen atoms in total. The number of carbonyl (C=O) groups excluding carboxylic acids is 1. The van der Waals surface area contributed by atoms with Gasteiger partial charge in [0.15, 0.2) is 5.78 Å². The van der Waals surface area contributed by atoms with Crippen LogP contribution in [0.5, 0.6) is 0 Å². The van der Waals surface area contributed by atoms with E-state index in [0.717, 1.165) is 22.4 Å². The van der Waals surface area contributed by atoms with Crippen molar-refractivity contribution >= 4 is 40.7 Å². The second-order valence-corrected chi connectivity index (χ2v) is 7.49. The van der Waals surface area contributed by atoms with Crippen molar-refractivity contribution in [2.45, 2.75) is 20.0 Å². The maximum Gasteiger partial charge on any atom is 0.152 e. The average molecular weight is 410 g/mol. The highest BCUT2D eigenvalue weighted by Crippen LogP contribution is 2.27. The molecular weight excluding hydrogens is 389 g/mol. The Morgan fingerprint density at radius 2 is 1.43 bits per heavy atom. The molecule has 0 spiro atoms. The molecule has 3 aromatic carbocycles. The summed E-state index contributed by atoms with van der Waals surface area (Å²) in [5, 5.41) is 1.43. The van der Waals surface area contributed by atoms with Gasteiger partial charge in [-0.15, -0.1) is 0 Å². The van der Waals surface area contributed by atoms with Crippen LogP contribution in [-0.2, 0) is 17.9 Å². The van der Waals surface area contributed by atoms with Crippen LogP contribution in [0.25, 0.3) is 6.08 Å². The fourth-order valence-electron chi connectivity index (χ4n) is 3.06.